The van der Waals surface area contributed by atoms with E-state index in [1.54, 1.807) is 0 Å². The smallest absolute Gasteiger partial charge is 0.0760 e. The molecule has 0 aliphatic rings. The predicted octanol–water partition coefficient (Wildman–Crippen LogP) is 5.10. The van der Waals surface area contributed by atoms with Gasteiger partial charge in [-0.05, 0) is 66.7 Å². The highest BCUT2D eigenvalue weighted by atomic mass is 16.3. The van der Waals surface area contributed by atoms with Crippen molar-refractivity contribution in [2.24, 2.45) is 0 Å². The summed E-state index contributed by atoms with van der Waals surface area (Å²) in [6.45, 7) is 10.5. The molecule has 0 aliphatic carbocycles. The SMILES string of the molecule is CC(C)=CC(O)C/C(C)=C/CC/C(C)=C/CC/C(C)=C\CO. The standard InChI is InChI=1S/C20H34O2/c1-16(2)14-20(22)15-19(5)11-7-9-17(3)8-6-10-18(4)12-13-21/h8,11-12,14,20-22H,6-7,9-10,13,15H2,1-5H3/b17-8+,18-12-,19-11+. The number of aliphatic hydroxyl groups is 2. The second kappa shape index (κ2) is 12.4. The number of aliphatic hydroxyl groups excluding tert-OH is 2. The maximum absolute atomic E-state index is 9.86. The van der Waals surface area contributed by atoms with E-state index in [9.17, 15) is 5.11 Å². The quantitative estimate of drug-likeness (QED) is 0.552. The van der Waals surface area contributed by atoms with Gasteiger partial charge in [0.15, 0.2) is 0 Å². The van der Waals surface area contributed by atoms with E-state index in [0.29, 0.717) is 0 Å². The molecule has 1 unspecified atom stereocenters. The summed E-state index contributed by atoms with van der Waals surface area (Å²) < 4.78 is 0. The predicted molar refractivity (Wildman–Crippen MR) is 96.9 cm³/mol. The van der Waals surface area contributed by atoms with Crippen LogP contribution in [0, 0.1) is 0 Å². The molecule has 0 fully saturated rings. The first kappa shape index (κ1) is 20.9. The van der Waals surface area contributed by atoms with Gasteiger partial charge in [0, 0.05) is 0 Å². The highest BCUT2D eigenvalue weighted by Crippen LogP contribution is 2.13. The van der Waals surface area contributed by atoms with E-state index >= 15 is 0 Å². The zero-order chi connectivity index (χ0) is 17.0. The van der Waals surface area contributed by atoms with Gasteiger partial charge < -0.3 is 10.2 Å². The Hall–Kier alpha value is -1.12. The van der Waals surface area contributed by atoms with Crippen molar-refractivity contribution in [3.63, 3.8) is 0 Å². The highest BCUT2D eigenvalue weighted by molar-refractivity contribution is 5.08. The molecule has 0 spiro atoms. The normalized spacial score (nSPS) is 15.0. The van der Waals surface area contributed by atoms with Crippen LogP contribution in [-0.2, 0) is 0 Å². The molecule has 0 aromatic carbocycles. The van der Waals surface area contributed by atoms with Crippen molar-refractivity contribution in [2.75, 3.05) is 6.61 Å². The largest absolute Gasteiger partial charge is 0.392 e. The van der Waals surface area contributed by atoms with Crippen LogP contribution in [0.15, 0.2) is 46.6 Å². The van der Waals surface area contributed by atoms with E-state index in [1.807, 2.05) is 26.0 Å². The van der Waals surface area contributed by atoms with E-state index < -0.39 is 0 Å². The average Bonchev–Trinajstić information content (AvgIpc) is 2.37. The van der Waals surface area contributed by atoms with E-state index in [-0.39, 0.29) is 12.7 Å². The fourth-order valence-corrected chi connectivity index (χ4v) is 2.31. The summed E-state index contributed by atoms with van der Waals surface area (Å²) in [6.07, 6.45) is 12.8. The maximum atomic E-state index is 9.86. The lowest BCUT2D eigenvalue weighted by Gasteiger charge is -2.07. The lowest BCUT2D eigenvalue weighted by atomic mass is 10.0. The minimum absolute atomic E-state index is 0.136. The van der Waals surface area contributed by atoms with Crippen molar-refractivity contribution in [2.45, 2.75) is 72.8 Å². The molecular formula is C20H34O2. The van der Waals surface area contributed by atoms with Crippen LogP contribution in [0.25, 0.3) is 0 Å². The monoisotopic (exact) mass is 306 g/mol. The zero-order valence-electron chi connectivity index (χ0n) is 15.0. The molecule has 1 atom stereocenters. The summed E-state index contributed by atoms with van der Waals surface area (Å²) in [5.74, 6) is 0. The van der Waals surface area contributed by atoms with Gasteiger partial charge in [0.1, 0.15) is 0 Å². The molecule has 0 heterocycles. The van der Waals surface area contributed by atoms with Crippen LogP contribution in [-0.4, -0.2) is 22.9 Å². The van der Waals surface area contributed by atoms with E-state index in [0.717, 1.165) is 37.7 Å². The van der Waals surface area contributed by atoms with Crippen molar-refractivity contribution in [1.29, 1.82) is 0 Å². The first-order valence-corrected chi connectivity index (χ1v) is 8.26. The highest BCUT2D eigenvalue weighted by Gasteiger charge is 2.01. The van der Waals surface area contributed by atoms with Gasteiger partial charge >= 0.3 is 0 Å². The van der Waals surface area contributed by atoms with Gasteiger partial charge in [0.25, 0.3) is 0 Å². The molecule has 0 aromatic heterocycles. The first-order valence-electron chi connectivity index (χ1n) is 8.26. The van der Waals surface area contributed by atoms with Crippen LogP contribution >= 0.6 is 0 Å². The fraction of sp³-hybridized carbons (Fsp3) is 0.600. The molecule has 0 rings (SSSR count). The molecule has 22 heavy (non-hydrogen) atoms. The van der Waals surface area contributed by atoms with Gasteiger partial charge in [0.2, 0.25) is 0 Å². The van der Waals surface area contributed by atoms with Gasteiger partial charge in [-0.3, -0.25) is 0 Å². The van der Waals surface area contributed by atoms with Crippen LogP contribution < -0.4 is 0 Å². The Kier molecular flexibility index (Phi) is 11.8. The Morgan fingerprint density at radius 1 is 0.818 bits per heavy atom. The molecule has 0 bridgehead atoms. The fourth-order valence-electron chi connectivity index (χ4n) is 2.31. The molecule has 0 saturated carbocycles. The van der Waals surface area contributed by atoms with E-state index in [4.69, 9.17) is 5.11 Å². The Morgan fingerprint density at radius 3 is 1.82 bits per heavy atom. The van der Waals surface area contributed by atoms with Crippen LogP contribution in [0.4, 0.5) is 0 Å². The molecule has 2 N–H and O–H groups in total. The molecule has 0 amide bonds. The minimum Gasteiger partial charge on any atom is -0.392 e. The molecule has 0 aromatic rings. The average molecular weight is 306 g/mol. The Balaban J connectivity index is 4.08. The third kappa shape index (κ3) is 12.6. The van der Waals surface area contributed by atoms with Gasteiger partial charge in [-0.15, -0.1) is 0 Å². The van der Waals surface area contributed by atoms with Crippen LogP contribution in [0.2, 0.25) is 0 Å². The van der Waals surface area contributed by atoms with Crippen molar-refractivity contribution >= 4 is 0 Å². The summed E-state index contributed by atoms with van der Waals surface area (Å²) in [6, 6.07) is 0. The van der Waals surface area contributed by atoms with Crippen molar-refractivity contribution in [1.82, 2.24) is 0 Å². The molecule has 0 saturated heterocycles. The van der Waals surface area contributed by atoms with Crippen molar-refractivity contribution in [3.8, 4) is 0 Å². The maximum Gasteiger partial charge on any atom is 0.0760 e. The molecule has 0 radical (unpaired) electrons. The van der Waals surface area contributed by atoms with E-state index in [1.165, 1.54) is 16.7 Å². The summed E-state index contributed by atoms with van der Waals surface area (Å²) in [5.41, 5.74) is 5.06. The number of rotatable bonds is 10. The Bertz CT molecular complexity index is 421. The summed E-state index contributed by atoms with van der Waals surface area (Å²) in [5, 5.41) is 18.7. The van der Waals surface area contributed by atoms with E-state index in [2.05, 4.69) is 32.9 Å². The Labute approximate surface area is 137 Å². The lowest BCUT2D eigenvalue weighted by Crippen LogP contribution is -2.03. The minimum atomic E-state index is -0.362. The third-order valence-corrected chi connectivity index (χ3v) is 3.56. The van der Waals surface area contributed by atoms with Crippen molar-refractivity contribution < 1.29 is 10.2 Å². The Morgan fingerprint density at radius 2 is 1.32 bits per heavy atom. The second-order valence-electron chi connectivity index (χ2n) is 6.43. The van der Waals surface area contributed by atoms with Crippen LogP contribution in [0.1, 0.15) is 66.7 Å². The number of hydrogen-bond acceptors (Lipinski definition) is 2. The van der Waals surface area contributed by atoms with Crippen molar-refractivity contribution in [3.05, 3.63) is 46.6 Å². The topological polar surface area (TPSA) is 40.5 Å². The molecule has 2 nitrogen and oxygen atoms in total. The van der Waals surface area contributed by atoms with Crippen LogP contribution in [0.5, 0.6) is 0 Å². The number of hydrogen-bond donors (Lipinski definition) is 2. The van der Waals surface area contributed by atoms with Crippen LogP contribution in [0.3, 0.4) is 0 Å². The molecule has 2 heteroatoms. The van der Waals surface area contributed by atoms with Gasteiger partial charge in [-0.25, -0.2) is 0 Å². The first-order chi connectivity index (χ1) is 10.3. The van der Waals surface area contributed by atoms with Gasteiger partial charge in [0.05, 0.1) is 12.7 Å². The third-order valence-electron chi connectivity index (χ3n) is 3.56. The zero-order valence-corrected chi connectivity index (χ0v) is 15.0. The lowest BCUT2D eigenvalue weighted by molar-refractivity contribution is 0.222. The van der Waals surface area contributed by atoms with Gasteiger partial charge in [-0.1, -0.05) is 46.6 Å². The second-order valence-corrected chi connectivity index (χ2v) is 6.43. The summed E-state index contributed by atoms with van der Waals surface area (Å²) in [4.78, 5) is 0. The molecular weight excluding hydrogens is 272 g/mol. The van der Waals surface area contributed by atoms with Gasteiger partial charge in [-0.2, -0.15) is 0 Å². The number of allylic oxidation sites excluding steroid dienone is 5. The summed E-state index contributed by atoms with van der Waals surface area (Å²) in [7, 11) is 0. The summed E-state index contributed by atoms with van der Waals surface area (Å²) >= 11 is 0. The molecule has 0 aliphatic heterocycles. The molecule has 126 valence electrons.